The van der Waals surface area contributed by atoms with Crippen LogP contribution in [-0.2, 0) is 23.0 Å². The molecule has 0 bridgehead atoms. The van der Waals surface area contributed by atoms with Crippen LogP contribution in [0.2, 0.25) is 0 Å². The van der Waals surface area contributed by atoms with E-state index in [0.29, 0.717) is 6.61 Å². The smallest absolute Gasteiger partial charge is 0.251 e. The minimum absolute atomic E-state index is 0.0386. The Labute approximate surface area is 109 Å². The zero-order valence-corrected chi connectivity index (χ0v) is 11.7. The SMILES string of the molecule is CCOC(C)C(=O)N(C)CCCc1nccn1C. The number of carbonyl (C=O) groups is 1. The molecule has 5 nitrogen and oxygen atoms in total. The number of carbonyl (C=O) groups excluding carboxylic acids is 1. The topological polar surface area (TPSA) is 47.4 Å². The van der Waals surface area contributed by atoms with E-state index in [2.05, 4.69) is 4.98 Å². The van der Waals surface area contributed by atoms with E-state index in [4.69, 9.17) is 4.74 Å². The summed E-state index contributed by atoms with van der Waals surface area (Å²) in [7, 11) is 3.80. The molecule has 5 heteroatoms. The van der Waals surface area contributed by atoms with Crippen molar-refractivity contribution in [2.45, 2.75) is 32.8 Å². The molecule has 0 saturated carbocycles. The summed E-state index contributed by atoms with van der Waals surface area (Å²) in [6.45, 7) is 4.98. The predicted molar refractivity (Wildman–Crippen MR) is 70.3 cm³/mol. The number of ether oxygens (including phenoxy) is 1. The van der Waals surface area contributed by atoms with Crippen LogP contribution in [0.4, 0.5) is 0 Å². The van der Waals surface area contributed by atoms with Crippen LogP contribution in [0.3, 0.4) is 0 Å². The van der Waals surface area contributed by atoms with Crippen molar-refractivity contribution in [3.8, 4) is 0 Å². The third-order valence-electron chi connectivity index (χ3n) is 2.96. The van der Waals surface area contributed by atoms with Crippen molar-refractivity contribution in [1.29, 1.82) is 0 Å². The van der Waals surface area contributed by atoms with Crippen LogP contribution in [0.25, 0.3) is 0 Å². The van der Waals surface area contributed by atoms with Gasteiger partial charge >= 0.3 is 0 Å². The van der Waals surface area contributed by atoms with Gasteiger partial charge in [0.25, 0.3) is 5.91 Å². The molecule has 1 rings (SSSR count). The number of rotatable bonds is 7. The second-order valence-corrected chi connectivity index (χ2v) is 4.42. The Morgan fingerprint density at radius 1 is 1.61 bits per heavy atom. The number of amides is 1. The first-order valence-corrected chi connectivity index (χ1v) is 6.39. The van der Waals surface area contributed by atoms with Gasteiger partial charge in [-0.2, -0.15) is 0 Å². The fourth-order valence-corrected chi connectivity index (χ4v) is 1.85. The van der Waals surface area contributed by atoms with Gasteiger partial charge < -0.3 is 14.2 Å². The summed E-state index contributed by atoms with van der Waals surface area (Å²) in [6, 6.07) is 0. The zero-order chi connectivity index (χ0) is 13.5. The molecule has 1 aromatic rings. The van der Waals surface area contributed by atoms with Crippen LogP contribution < -0.4 is 0 Å². The van der Waals surface area contributed by atoms with E-state index >= 15 is 0 Å². The van der Waals surface area contributed by atoms with Gasteiger partial charge in [0, 0.05) is 46.1 Å². The Morgan fingerprint density at radius 2 is 2.33 bits per heavy atom. The minimum atomic E-state index is -0.354. The summed E-state index contributed by atoms with van der Waals surface area (Å²) < 4.78 is 7.29. The van der Waals surface area contributed by atoms with Gasteiger partial charge in [-0.25, -0.2) is 4.98 Å². The van der Waals surface area contributed by atoms with E-state index in [1.165, 1.54) is 0 Å². The predicted octanol–water partition coefficient (Wildman–Crippen LogP) is 1.24. The Balaban J connectivity index is 2.30. The number of aryl methyl sites for hydroxylation is 2. The monoisotopic (exact) mass is 253 g/mol. The molecule has 1 amide bonds. The molecule has 18 heavy (non-hydrogen) atoms. The average Bonchev–Trinajstić information content (AvgIpc) is 2.74. The summed E-state index contributed by atoms with van der Waals surface area (Å²) >= 11 is 0. The lowest BCUT2D eigenvalue weighted by Crippen LogP contribution is -2.37. The standard InChI is InChI=1S/C13H23N3O2/c1-5-18-11(2)13(17)16(4)9-6-7-12-14-8-10-15(12)3/h8,10-11H,5-7,9H2,1-4H3. The van der Waals surface area contributed by atoms with Crippen molar-refractivity contribution >= 4 is 5.91 Å². The lowest BCUT2D eigenvalue weighted by Gasteiger charge is -2.21. The molecule has 1 heterocycles. The Morgan fingerprint density at radius 3 is 2.89 bits per heavy atom. The molecular formula is C13H23N3O2. The second-order valence-electron chi connectivity index (χ2n) is 4.42. The normalized spacial score (nSPS) is 12.4. The molecule has 1 atom stereocenters. The van der Waals surface area contributed by atoms with Crippen molar-refractivity contribution in [2.75, 3.05) is 20.2 Å². The molecule has 0 saturated heterocycles. The number of nitrogens with zero attached hydrogens (tertiary/aromatic N) is 3. The van der Waals surface area contributed by atoms with Crippen molar-refractivity contribution in [3.05, 3.63) is 18.2 Å². The molecule has 0 aromatic carbocycles. The molecule has 102 valence electrons. The van der Waals surface area contributed by atoms with Gasteiger partial charge in [-0.1, -0.05) is 0 Å². The number of likely N-dealkylation sites (N-methyl/N-ethyl adjacent to an activating group) is 1. The fourth-order valence-electron chi connectivity index (χ4n) is 1.85. The van der Waals surface area contributed by atoms with Crippen LogP contribution in [0, 0.1) is 0 Å². The lowest BCUT2D eigenvalue weighted by atomic mass is 10.2. The first kappa shape index (κ1) is 14.7. The zero-order valence-electron chi connectivity index (χ0n) is 11.7. The maximum absolute atomic E-state index is 11.9. The van der Waals surface area contributed by atoms with E-state index in [0.717, 1.165) is 25.2 Å². The molecule has 0 aliphatic rings. The molecule has 0 spiro atoms. The number of imidazole rings is 1. The van der Waals surface area contributed by atoms with Crippen LogP contribution in [0.15, 0.2) is 12.4 Å². The summed E-state index contributed by atoms with van der Waals surface area (Å²) in [5.41, 5.74) is 0. The van der Waals surface area contributed by atoms with Crippen LogP contribution in [-0.4, -0.2) is 46.7 Å². The molecule has 0 fully saturated rings. The maximum atomic E-state index is 11.9. The van der Waals surface area contributed by atoms with Gasteiger partial charge in [0.1, 0.15) is 11.9 Å². The Bertz CT molecular complexity index is 376. The van der Waals surface area contributed by atoms with E-state index in [-0.39, 0.29) is 12.0 Å². The lowest BCUT2D eigenvalue weighted by molar-refractivity contribution is -0.141. The number of hydrogen-bond donors (Lipinski definition) is 0. The van der Waals surface area contributed by atoms with Crippen molar-refractivity contribution in [2.24, 2.45) is 7.05 Å². The van der Waals surface area contributed by atoms with E-state index in [1.54, 1.807) is 18.0 Å². The highest BCUT2D eigenvalue weighted by Crippen LogP contribution is 2.02. The van der Waals surface area contributed by atoms with E-state index in [9.17, 15) is 4.79 Å². The van der Waals surface area contributed by atoms with Gasteiger partial charge in [0.05, 0.1) is 0 Å². The highest BCUT2D eigenvalue weighted by molar-refractivity contribution is 5.80. The molecular weight excluding hydrogens is 230 g/mol. The highest BCUT2D eigenvalue weighted by Gasteiger charge is 2.16. The third-order valence-corrected chi connectivity index (χ3v) is 2.96. The molecule has 1 unspecified atom stereocenters. The van der Waals surface area contributed by atoms with Gasteiger partial charge in [-0.3, -0.25) is 4.79 Å². The molecule has 1 aromatic heterocycles. The third kappa shape index (κ3) is 4.14. The molecule has 0 aliphatic heterocycles. The van der Waals surface area contributed by atoms with Crippen molar-refractivity contribution in [3.63, 3.8) is 0 Å². The van der Waals surface area contributed by atoms with Crippen LogP contribution in [0.1, 0.15) is 26.1 Å². The van der Waals surface area contributed by atoms with Crippen molar-refractivity contribution in [1.82, 2.24) is 14.5 Å². The van der Waals surface area contributed by atoms with Gasteiger partial charge in [0.15, 0.2) is 0 Å². The highest BCUT2D eigenvalue weighted by atomic mass is 16.5. The first-order valence-electron chi connectivity index (χ1n) is 6.39. The van der Waals surface area contributed by atoms with E-state index in [1.807, 2.05) is 31.8 Å². The fraction of sp³-hybridized carbons (Fsp3) is 0.692. The average molecular weight is 253 g/mol. The van der Waals surface area contributed by atoms with Crippen molar-refractivity contribution < 1.29 is 9.53 Å². The maximum Gasteiger partial charge on any atom is 0.251 e. The van der Waals surface area contributed by atoms with Gasteiger partial charge in [0.2, 0.25) is 0 Å². The summed E-state index contributed by atoms with van der Waals surface area (Å²) in [6.07, 6.45) is 5.16. The summed E-state index contributed by atoms with van der Waals surface area (Å²) in [4.78, 5) is 17.9. The van der Waals surface area contributed by atoms with Crippen LogP contribution in [0.5, 0.6) is 0 Å². The summed E-state index contributed by atoms with van der Waals surface area (Å²) in [5.74, 6) is 1.09. The Hall–Kier alpha value is -1.36. The molecule has 0 radical (unpaired) electrons. The quantitative estimate of drug-likeness (QED) is 0.734. The van der Waals surface area contributed by atoms with Gasteiger partial charge in [-0.15, -0.1) is 0 Å². The second kappa shape index (κ2) is 7.16. The first-order chi connectivity index (χ1) is 8.56. The number of hydrogen-bond acceptors (Lipinski definition) is 3. The van der Waals surface area contributed by atoms with Crippen LogP contribution >= 0.6 is 0 Å². The van der Waals surface area contributed by atoms with E-state index < -0.39 is 0 Å². The number of aromatic nitrogens is 2. The largest absolute Gasteiger partial charge is 0.369 e. The summed E-state index contributed by atoms with van der Waals surface area (Å²) in [5, 5.41) is 0. The van der Waals surface area contributed by atoms with Gasteiger partial charge in [-0.05, 0) is 20.3 Å². The molecule has 0 N–H and O–H groups in total. The minimum Gasteiger partial charge on any atom is -0.369 e. The Kier molecular flexibility index (Phi) is 5.85. The molecule has 0 aliphatic carbocycles.